The molecule has 5 heterocycles. The second-order valence-electron chi connectivity index (χ2n) is 8.15. The Hall–Kier alpha value is -3.22. The van der Waals surface area contributed by atoms with E-state index in [2.05, 4.69) is 11.9 Å². The Kier molecular flexibility index (Phi) is 4.53. The molecule has 2 aliphatic heterocycles. The molecular formula is C23H25N3O4. The Morgan fingerprint density at radius 3 is 2.57 bits per heavy atom. The molecule has 2 saturated heterocycles. The number of aromatic nitrogens is 1. The third-order valence-corrected chi connectivity index (χ3v) is 6.16. The second kappa shape index (κ2) is 7.23. The monoisotopic (exact) mass is 407 g/mol. The number of aromatic amines is 1. The summed E-state index contributed by atoms with van der Waals surface area (Å²) in [5, 5.41) is 0. The number of H-pyrrole nitrogens is 1. The Bertz CT molecular complexity index is 1080. The number of piperazine rings is 1. The Labute approximate surface area is 174 Å². The molecule has 30 heavy (non-hydrogen) atoms. The Balaban J connectivity index is 1.28. The number of amides is 2. The molecule has 2 atom stereocenters. The van der Waals surface area contributed by atoms with E-state index < -0.39 is 0 Å². The standard InChI is InChI=1S/C23H25N3O4/c1-3-5-17-11-18(14(2)30-17)22(27)25-12-16-10-15(25)13-26(16)23(28)20-8-7-19(24-20)21-6-4-9-29-21/h4,6-9,11,15-16,24H,3,5,10,12-13H2,1-2H3/t15-,16-/m0/s1. The third-order valence-electron chi connectivity index (χ3n) is 6.16. The summed E-state index contributed by atoms with van der Waals surface area (Å²) in [4.78, 5) is 33.1. The molecule has 0 aromatic carbocycles. The van der Waals surface area contributed by atoms with Crippen LogP contribution in [0.5, 0.6) is 0 Å². The van der Waals surface area contributed by atoms with Gasteiger partial charge in [-0.2, -0.15) is 0 Å². The summed E-state index contributed by atoms with van der Waals surface area (Å²) < 4.78 is 11.1. The number of hydrogen-bond donors (Lipinski definition) is 1. The maximum Gasteiger partial charge on any atom is 0.270 e. The number of fused-ring (bicyclic) bond motifs is 2. The molecule has 0 radical (unpaired) electrons. The topological polar surface area (TPSA) is 82.7 Å². The summed E-state index contributed by atoms with van der Waals surface area (Å²) in [6.45, 7) is 5.06. The molecule has 0 unspecified atom stereocenters. The average Bonchev–Trinajstić information content (AvgIpc) is 3.55. The molecule has 156 valence electrons. The molecule has 0 spiro atoms. The molecule has 7 heteroatoms. The van der Waals surface area contributed by atoms with Crippen molar-refractivity contribution in [2.75, 3.05) is 13.1 Å². The molecule has 7 nitrogen and oxygen atoms in total. The lowest BCUT2D eigenvalue weighted by molar-refractivity contribution is 0.0523. The van der Waals surface area contributed by atoms with E-state index in [1.807, 2.05) is 41.0 Å². The fraction of sp³-hybridized carbons (Fsp3) is 0.391. The Morgan fingerprint density at radius 1 is 1.13 bits per heavy atom. The SMILES string of the molecule is CCCc1cc(C(=O)N2C[C@@H]3C[C@H]2CN3C(=O)c2ccc(-c3ccco3)[nH]2)c(C)o1. The number of furan rings is 2. The van der Waals surface area contributed by atoms with Crippen molar-refractivity contribution in [3.05, 3.63) is 59.4 Å². The average molecular weight is 407 g/mol. The third kappa shape index (κ3) is 3.05. The second-order valence-corrected chi connectivity index (χ2v) is 8.15. The lowest BCUT2D eigenvalue weighted by atomic mass is 10.1. The molecule has 2 bridgehead atoms. The van der Waals surface area contributed by atoms with Gasteiger partial charge in [-0.05, 0) is 50.1 Å². The summed E-state index contributed by atoms with van der Waals surface area (Å²) in [6.07, 6.45) is 4.24. The number of nitrogens with one attached hydrogen (secondary N) is 1. The summed E-state index contributed by atoms with van der Waals surface area (Å²) in [6, 6.07) is 9.29. The maximum absolute atomic E-state index is 13.1. The maximum atomic E-state index is 13.1. The van der Waals surface area contributed by atoms with Gasteiger partial charge in [0.1, 0.15) is 23.0 Å². The van der Waals surface area contributed by atoms with Crippen LogP contribution in [0.15, 0.2) is 45.4 Å². The highest BCUT2D eigenvalue weighted by atomic mass is 16.3. The van der Waals surface area contributed by atoms with Gasteiger partial charge < -0.3 is 23.6 Å². The van der Waals surface area contributed by atoms with Crippen LogP contribution in [0.1, 0.15) is 52.1 Å². The summed E-state index contributed by atoms with van der Waals surface area (Å²) in [7, 11) is 0. The summed E-state index contributed by atoms with van der Waals surface area (Å²) in [5.41, 5.74) is 1.97. The highest BCUT2D eigenvalue weighted by Crippen LogP contribution is 2.34. The molecular weight excluding hydrogens is 382 g/mol. The van der Waals surface area contributed by atoms with Crippen LogP contribution in [0.25, 0.3) is 11.5 Å². The van der Waals surface area contributed by atoms with Crippen molar-refractivity contribution in [2.45, 2.75) is 45.2 Å². The van der Waals surface area contributed by atoms with Gasteiger partial charge in [0, 0.05) is 19.5 Å². The number of carbonyl (C=O) groups is 2. The zero-order valence-corrected chi connectivity index (χ0v) is 17.2. The van der Waals surface area contributed by atoms with Crippen LogP contribution in [-0.4, -0.2) is 51.8 Å². The first-order valence-corrected chi connectivity index (χ1v) is 10.5. The minimum absolute atomic E-state index is 0.0122. The van der Waals surface area contributed by atoms with Crippen LogP contribution < -0.4 is 0 Å². The number of nitrogens with zero attached hydrogens (tertiary/aromatic N) is 2. The summed E-state index contributed by atoms with van der Waals surface area (Å²) in [5.74, 6) is 2.22. The van der Waals surface area contributed by atoms with Gasteiger partial charge in [-0.1, -0.05) is 6.92 Å². The number of rotatable bonds is 5. The van der Waals surface area contributed by atoms with Crippen LogP contribution in [0.2, 0.25) is 0 Å². The van der Waals surface area contributed by atoms with Crippen LogP contribution in [-0.2, 0) is 6.42 Å². The van der Waals surface area contributed by atoms with Crippen molar-refractivity contribution in [3.8, 4) is 11.5 Å². The molecule has 3 aromatic heterocycles. The zero-order chi connectivity index (χ0) is 20.8. The fourth-order valence-corrected chi connectivity index (χ4v) is 4.69. The molecule has 1 N–H and O–H groups in total. The highest BCUT2D eigenvalue weighted by Gasteiger charge is 2.47. The van der Waals surface area contributed by atoms with Crippen LogP contribution in [0.3, 0.4) is 0 Å². The van der Waals surface area contributed by atoms with Gasteiger partial charge >= 0.3 is 0 Å². The van der Waals surface area contributed by atoms with Gasteiger partial charge in [-0.25, -0.2) is 0 Å². The first-order valence-electron chi connectivity index (χ1n) is 10.5. The number of carbonyl (C=O) groups excluding carboxylic acids is 2. The van der Waals surface area contributed by atoms with Gasteiger partial charge in [0.2, 0.25) is 0 Å². The first kappa shape index (κ1) is 18.8. The van der Waals surface area contributed by atoms with E-state index in [-0.39, 0.29) is 23.9 Å². The molecule has 5 rings (SSSR count). The largest absolute Gasteiger partial charge is 0.466 e. The predicted octanol–water partition coefficient (Wildman–Crippen LogP) is 3.87. The molecule has 0 aliphatic carbocycles. The molecule has 2 amide bonds. The van der Waals surface area contributed by atoms with Crippen molar-refractivity contribution in [3.63, 3.8) is 0 Å². The predicted molar refractivity (Wildman–Crippen MR) is 110 cm³/mol. The minimum Gasteiger partial charge on any atom is -0.466 e. The number of likely N-dealkylation sites (tertiary alicyclic amines) is 2. The van der Waals surface area contributed by atoms with E-state index in [1.54, 1.807) is 12.3 Å². The van der Waals surface area contributed by atoms with Gasteiger partial charge in [0.25, 0.3) is 11.8 Å². The van der Waals surface area contributed by atoms with Crippen molar-refractivity contribution in [1.82, 2.24) is 14.8 Å². The highest BCUT2D eigenvalue weighted by molar-refractivity contribution is 5.97. The zero-order valence-electron chi connectivity index (χ0n) is 17.2. The quantitative estimate of drug-likeness (QED) is 0.696. The van der Waals surface area contributed by atoms with Crippen LogP contribution in [0, 0.1) is 6.92 Å². The van der Waals surface area contributed by atoms with Gasteiger partial charge in [0.15, 0.2) is 0 Å². The number of hydrogen-bond acceptors (Lipinski definition) is 4. The summed E-state index contributed by atoms with van der Waals surface area (Å²) >= 11 is 0. The first-order chi connectivity index (χ1) is 14.5. The molecule has 2 fully saturated rings. The van der Waals surface area contributed by atoms with Crippen LogP contribution in [0.4, 0.5) is 0 Å². The van der Waals surface area contributed by atoms with Crippen molar-refractivity contribution in [1.29, 1.82) is 0 Å². The van der Waals surface area contributed by atoms with E-state index in [0.29, 0.717) is 35.9 Å². The van der Waals surface area contributed by atoms with Crippen molar-refractivity contribution >= 4 is 11.8 Å². The molecule has 0 saturated carbocycles. The van der Waals surface area contributed by atoms with Gasteiger partial charge in [-0.15, -0.1) is 0 Å². The van der Waals surface area contributed by atoms with Gasteiger partial charge in [0.05, 0.1) is 29.6 Å². The van der Waals surface area contributed by atoms with Gasteiger partial charge in [-0.3, -0.25) is 9.59 Å². The van der Waals surface area contributed by atoms with E-state index in [1.165, 1.54) is 0 Å². The lowest BCUT2D eigenvalue weighted by Gasteiger charge is -2.34. The van der Waals surface area contributed by atoms with E-state index >= 15 is 0 Å². The minimum atomic E-state index is -0.0304. The van der Waals surface area contributed by atoms with Crippen LogP contribution >= 0.6 is 0 Å². The van der Waals surface area contributed by atoms with E-state index in [0.717, 1.165) is 30.7 Å². The smallest absolute Gasteiger partial charge is 0.270 e. The van der Waals surface area contributed by atoms with E-state index in [9.17, 15) is 9.59 Å². The fourth-order valence-electron chi connectivity index (χ4n) is 4.69. The Morgan fingerprint density at radius 2 is 1.90 bits per heavy atom. The molecule has 2 aliphatic rings. The van der Waals surface area contributed by atoms with Crippen molar-refractivity contribution < 1.29 is 18.4 Å². The number of aryl methyl sites for hydroxylation is 2. The normalized spacial score (nSPS) is 20.3. The van der Waals surface area contributed by atoms with E-state index in [4.69, 9.17) is 8.83 Å². The van der Waals surface area contributed by atoms with Crippen molar-refractivity contribution in [2.24, 2.45) is 0 Å². The lowest BCUT2D eigenvalue weighted by Crippen LogP contribution is -2.50. The molecule has 3 aromatic rings.